The Morgan fingerprint density at radius 2 is 1.95 bits per heavy atom. The summed E-state index contributed by atoms with van der Waals surface area (Å²) in [7, 11) is 3.83. The van der Waals surface area contributed by atoms with Gasteiger partial charge in [0.2, 0.25) is 0 Å². The van der Waals surface area contributed by atoms with E-state index in [0.29, 0.717) is 5.69 Å². The molecule has 1 aromatic carbocycles. The minimum Gasteiger partial charge on any atom is -0.480 e. The third kappa shape index (κ3) is 4.17. The second kappa shape index (κ2) is 6.08. The number of carbonyl (C=O) groups excluding carboxylic acids is 1. The number of nitrogens with one attached hydrogen (secondary N) is 2. The molecule has 3 N–H and O–H groups in total. The molecule has 0 spiro atoms. The summed E-state index contributed by atoms with van der Waals surface area (Å²) in [6, 6.07) is 4.03. The largest absolute Gasteiger partial charge is 0.480 e. The van der Waals surface area contributed by atoms with Gasteiger partial charge >= 0.3 is 12.0 Å². The van der Waals surface area contributed by atoms with E-state index < -0.39 is 18.0 Å². The lowest BCUT2D eigenvalue weighted by molar-refractivity contribution is -0.138. The van der Waals surface area contributed by atoms with Gasteiger partial charge in [0, 0.05) is 25.5 Å². The molecule has 1 aromatic rings. The number of benzene rings is 1. The van der Waals surface area contributed by atoms with E-state index >= 15 is 0 Å². The van der Waals surface area contributed by atoms with Crippen molar-refractivity contribution >= 4 is 23.4 Å². The van der Waals surface area contributed by atoms with Gasteiger partial charge in [-0.15, -0.1) is 0 Å². The van der Waals surface area contributed by atoms with E-state index in [9.17, 15) is 9.59 Å². The Morgan fingerprint density at radius 1 is 1.32 bits per heavy atom. The number of carboxylic acids is 1. The zero-order chi connectivity index (χ0) is 14.6. The Kier molecular flexibility index (Phi) is 4.74. The molecular formula is C13H19N3O3. The van der Waals surface area contributed by atoms with Crippen LogP contribution in [0.4, 0.5) is 16.2 Å². The van der Waals surface area contributed by atoms with Gasteiger partial charge in [0.05, 0.1) is 0 Å². The van der Waals surface area contributed by atoms with E-state index in [1.54, 1.807) is 6.07 Å². The molecule has 104 valence electrons. The fourth-order valence-electron chi connectivity index (χ4n) is 1.59. The number of nitrogens with zero attached hydrogens (tertiary/aromatic N) is 1. The molecule has 1 atom stereocenters. The average Bonchev–Trinajstić information content (AvgIpc) is 2.30. The predicted octanol–water partition coefficient (Wildman–Crippen LogP) is 1.66. The van der Waals surface area contributed by atoms with Crippen molar-refractivity contribution in [2.24, 2.45) is 0 Å². The highest BCUT2D eigenvalue weighted by Gasteiger charge is 2.14. The molecule has 0 heterocycles. The Hall–Kier alpha value is -2.24. The molecule has 0 bridgehead atoms. The lowest BCUT2D eigenvalue weighted by atomic mass is 10.1. The van der Waals surface area contributed by atoms with Crippen LogP contribution < -0.4 is 15.5 Å². The lowest BCUT2D eigenvalue weighted by Gasteiger charge is -2.17. The van der Waals surface area contributed by atoms with Crippen LogP contribution in [0.3, 0.4) is 0 Å². The summed E-state index contributed by atoms with van der Waals surface area (Å²) in [5.74, 6) is -1.08. The van der Waals surface area contributed by atoms with Crippen LogP contribution in [-0.4, -0.2) is 37.2 Å². The summed E-state index contributed by atoms with van der Waals surface area (Å²) in [6.07, 6.45) is 0. The number of rotatable bonds is 4. The van der Waals surface area contributed by atoms with Crippen LogP contribution in [0.5, 0.6) is 0 Å². The van der Waals surface area contributed by atoms with E-state index in [-0.39, 0.29) is 0 Å². The summed E-state index contributed by atoms with van der Waals surface area (Å²) >= 11 is 0. The van der Waals surface area contributed by atoms with Gasteiger partial charge in [-0.3, -0.25) is 4.79 Å². The summed E-state index contributed by atoms with van der Waals surface area (Å²) < 4.78 is 0. The second-order valence-corrected chi connectivity index (χ2v) is 4.55. The lowest BCUT2D eigenvalue weighted by Crippen LogP contribution is -2.40. The quantitative estimate of drug-likeness (QED) is 0.773. The number of amides is 2. The molecule has 0 unspecified atom stereocenters. The van der Waals surface area contributed by atoms with Crippen LogP contribution in [0.1, 0.15) is 12.5 Å². The summed E-state index contributed by atoms with van der Waals surface area (Å²) in [6.45, 7) is 3.38. The maximum atomic E-state index is 11.6. The molecule has 0 aliphatic heterocycles. The van der Waals surface area contributed by atoms with Gasteiger partial charge in [-0.25, -0.2) is 4.79 Å². The molecule has 1 rings (SSSR count). The number of carbonyl (C=O) groups is 2. The predicted molar refractivity (Wildman–Crippen MR) is 74.8 cm³/mol. The number of urea groups is 1. The molecule has 19 heavy (non-hydrogen) atoms. The molecule has 0 radical (unpaired) electrons. The highest BCUT2D eigenvalue weighted by Crippen LogP contribution is 2.22. The molecule has 0 saturated carbocycles. The van der Waals surface area contributed by atoms with Crippen LogP contribution in [0.25, 0.3) is 0 Å². The number of aryl methyl sites for hydroxylation is 1. The molecule has 6 nitrogen and oxygen atoms in total. The smallest absolute Gasteiger partial charge is 0.325 e. The third-order valence-electron chi connectivity index (χ3n) is 2.67. The first-order chi connectivity index (χ1) is 8.81. The third-order valence-corrected chi connectivity index (χ3v) is 2.67. The average molecular weight is 265 g/mol. The maximum absolute atomic E-state index is 11.6. The molecular weight excluding hydrogens is 246 g/mol. The number of hydrogen-bond donors (Lipinski definition) is 3. The summed E-state index contributed by atoms with van der Waals surface area (Å²) in [5.41, 5.74) is 2.70. The molecule has 6 heteroatoms. The molecule has 0 saturated heterocycles. The maximum Gasteiger partial charge on any atom is 0.325 e. The van der Waals surface area contributed by atoms with Crippen LogP contribution in [0, 0.1) is 6.92 Å². The van der Waals surface area contributed by atoms with Crippen molar-refractivity contribution in [1.82, 2.24) is 5.32 Å². The van der Waals surface area contributed by atoms with Gasteiger partial charge in [-0.05, 0) is 31.5 Å². The van der Waals surface area contributed by atoms with Crippen LogP contribution in [0.2, 0.25) is 0 Å². The Labute approximate surface area is 112 Å². The zero-order valence-electron chi connectivity index (χ0n) is 11.5. The normalized spacial score (nSPS) is 11.6. The van der Waals surface area contributed by atoms with E-state index in [1.165, 1.54) is 6.92 Å². The molecule has 0 fully saturated rings. The van der Waals surface area contributed by atoms with Gasteiger partial charge < -0.3 is 20.6 Å². The van der Waals surface area contributed by atoms with E-state index in [0.717, 1.165) is 11.3 Å². The fraction of sp³-hybridized carbons (Fsp3) is 0.385. The highest BCUT2D eigenvalue weighted by atomic mass is 16.4. The fourth-order valence-corrected chi connectivity index (χ4v) is 1.59. The van der Waals surface area contributed by atoms with Gasteiger partial charge in [0.25, 0.3) is 0 Å². The number of aliphatic carboxylic acids is 1. The van der Waals surface area contributed by atoms with Crippen molar-refractivity contribution < 1.29 is 14.7 Å². The van der Waals surface area contributed by atoms with Gasteiger partial charge in [0.1, 0.15) is 6.04 Å². The second-order valence-electron chi connectivity index (χ2n) is 4.55. The first-order valence-electron chi connectivity index (χ1n) is 5.89. The van der Waals surface area contributed by atoms with Crippen molar-refractivity contribution in [3.8, 4) is 0 Å². The van der Waals surface area contributed by atoms with Crippen molar-refractivity contribution in [2.75, 3.05) is 24.3 Å². The van der Waals surface area contributed by atoms with E-state index in [4.69, 9.17) is 5.11 Å². The zero-order valence-corrected chi connectivity index (χ0v) is 11.5. The minimum absolute atomic E-state index is 0.538. The van der Waals surface area contributed by atoms with Crippen molar-refractivity contribution in [2.45, 2.75) is 19.9 Å². The number of hydrogen-bond acceptors (Lipinski definition) is 3. The number of anilines is 2. The first kappa shape index (κ1) is 14.8. The van der Waals surface area contributed by atoms with Crippen molar-refractivity contribution in [3.05, 3.63) is 23.8 Å². The first-order valence-corrected chi connectivity index (χ1v) is 5.89. The molecule has 2 amide bonds. The van der Waals surface area contributed by atoms with Crippen molar-refractivity contribution in [1.29, 1.82) is 0 Å². The summed E-state index contributed by atoms with van der Waals surface area (Å²) in [5, 5.41) is 13.6. The molecule has 0 aliphatic carbocycles. The monoisotopic (exact) mass is 265 g/mol. The number of carboxylic acid groups (broad SMARTS) is 1. The standard InChI is InChI=1S/C13H19N3O3/c1-8-5-6-10(7-11(8)16(3)4)15-13(19)14-9(2)12(17)18/h5-7,9H,1-4H3,(H,17,18)(H2,14,15,19)/t9-/m0/s1. The molecule has 0 aliphatic rings. The highest BCUT2D eigenvalue weighted by molar-refractivity contribution is 5.92. The minimum atomic E-state index is -1.08. The Balaban J connectivity index is 2.75. The SMILES string of the molecule is Cc1ccc(NC(=O)N[C@@H](C)C(=O)O)cc1N(C)C. The summed E-state index contributed by atoms with van der Waals surface area (Å²) in [4.78, 5) is 24.2. The van der Waals surface area contributed by atoms with Crippen LogP contribution >= 0.6 is 0 Å². The van der Waals surface area contributed by atoms with Crippen molar-refractivity contribution in [3.63, 3.8) is 0 Å². The molecule has 0 aromatic heterocycles. The Bertz CT molecular complexity index is 486. The topological polar surface area (TPSA) is 81.7 Å². The van der Waals surface area contributed by atoms with Gasteiger partial charge in [0.15, 0.2) is 0 Å². The van der Waals surface area contributed by atoms with E-state index in [2.05, 4.69) is 10.6 Å². The van der Waals surface area contributed by atoms with Gasteiger partial charge in [-0.1, -0.05) is 6.07 Å². The van der Waals surface area contributed by atoms with Crippen LogP contribution in [-0.2, 0) is 4.79 Å². The van der Waals surface area contributed by atoms with Crippen LogP contribution in [0.15, 0.2) is 18.2 Å². The van der Waals surface area contributed by atoms with E-state index in [1.807, 2.05) is 38.1 Å². The van der Waals surface area contributed by atoms with Gasteiger partial charge in [-0.2, -0.15) is 0 Å². The Morgan fingerprint density at radius 3 is 2.47 bits per heavy atom.